The van der Waals surface area contributed by atoms with Gasteiger partial charge in [-0.15, -0.1) is 0 Å². The lowest BCUT2D eigenvalue weighted by Crippen LogP contribution is -2.47. The first-order valence-corrected chi connectivity index (χ1v) is 10.4. The Hall–Kier alpha value is -2.23. The van der Waals surface area contributed by atoms with E-state index < -0.39 is 0 Å². The summed E-state index contributed by atoms with van der Waals surface area (Å²) in [5, 5.41) is 0. The largest absolute Gasteiger partial charge is 0.353 e. The van der Waals surface area contributed by atoms with Crippen LogP contribution in [0.3, 0.4) is 0 Å². The van der Waals surface area contributed by atoms with Crippen molar-refractivity contribution >= 4 is 51.7 Å². The van der Waals surface area contributed by atoms with Crippen LogP contribution in [-0.2, 0) is 4.79 Å². The van der Waals surface area contributed by atoms with Gasteiger partial charge in [-0.1, -0.05) is 37.0 Å². The van der Waals surface area contributed by atoms with E-state index in [1.54, 1.807) is 25.4 Å². The first-order valence-electron chi connectivity index (χ1n) is 9.20. The SMILES string of the molecule is CCN1CCN(c2nc3ccccn3c(=O)c2/C=C2/SC(=S)N(C)C2=O)CC1. The van der Waals surface area contributed by atoms with Crippen molar-refractivity contribution in [3.05, 3.63) is 45.2 Å². The molecule has 2 aliphatic rings. The summed E-state index contributed by atoms with van der Waals surface area (Å²) in [5.74, 6) is 0.447. The van der Waals surface area contributed by atoms with E-state index in [1.807, 2.05) is 12.1 Å². The number of nitrogens with zero attached hydrogens (tertiary/aromatic N) is 5. The van der Waals surface area contributed by atoms with Crippen LogP contribution in [0.5, 0.6) is 0 Å². The number of aromatic nitrogens is 2. The average Bonchev–Trinajstić information content (AvgIpc) is 2.96. The molecule has 7 nitrogen and oxygen atoms in total. The molecule has 4 heterocycles. The Morgan fingerprint density at radius 3 is 2.61 bits per heavy atom. The summed E-state index contributed by atoms with van der Waals surface area (Å²) in [6.07, 6.45) is 3.35. The number of thioether (sulfide) groups is 1. The highest BCUT2D eigenvalue weighted by molar-refractivity contribution is 8.26. The Morgan fingerprint density at radius 1 is 1.21 bits per heavy atom. The molecule has 2 aromatic rings. The van der Waals surface area contributed by atoms with E-state index in [1.165, 1.54) is 21.1 Å². The third-order valence-corrected chi connectivity index (χ3v) is 6.61. The molecule has 0 atom stereocenters. The molecule has 0 bridgehead atoms. The minimum Gasteiger partial charge on any atom is -0.353 e. The van der Waals surface area contributed by atoms with Crippen molar-refractivity contribution in [1.82, 2.24) is 19.2 Å². The zero-order chi connectivity index (χ0) is 19.8. The second-order valence-electron chi connectivity index (χ2n) is 6.75. The maximum atomic E-state index is 13.2. The normalized spacial score (nSPS) is 20.0. The summed E-state index contributed by atoms with van der Waals surface area (Å²) >= 11 is 6.43. The fraction of sp³-hybridized carbons (Fsp3) is 0.368. The number of likely N-dealkylation sites (N-methyl/N-ethyl adjacent to an activating group) is 2. The molecular formula is C19H21N5O2S2. The zero-order valence-electron chi connectivity index (χ0n) is 15.8. The number of hydrogen-bond acceptors (Lipinski definition) is 7. The molecule has 28 heavy (non-hydrogen) atoms. The smallest absolute Gasteiger partial charge is 0.267 e. The molecule has 1 amide bonds. The van der Waals surface area contributed by atoms with Gasteiger partial charge in [-0.2, -0.15) is 0 Å². The lowest BCUT2D eigenvalue weighted by Gasteiger charge is -2.35. The standard InChI is InChI=1S/C19H21N5O2S2/c1-3-22-8-10-23(11-9-22)16-13(12-14-18(26)21(2)19(27)28-14)17(25)24-7-5-4-6-15(24)20-16/h4-7,12H,3,8-11H2,1-2H3/b14-12+. The molecule has 2 fully saturated rings. The van der Waals surface area contributed by atoms with Crippen LogP contribution in [0.2, 0.25) is 0 Å². The molecule has 0 spiro atoms. The number of thiocarbonyl (C=S) groups is 1. The van der Waals surface area contributed by atoms with Crippen LogP contribution in [0, 0.1) is 0 Å². The van der Waals surface area contributed by atoms with Crippen molar-refractivity contribution in [1.29, 1.82) is 0 Å². The predicted octanol–water partition coefficient (Wildman–Crippen LogP) is 1.67. The van der Waals surface area contributed by atoms with Gasteiger partial charge in [0.25, 0.3) is 11.5 Å². The molecule has 0 radical (unpaired) electrons. The molecule has 2 aliphatic heterocycles. The van der Waals surface area contributed by atoms with Gasteiger partial charge in [0.15, 0.2) is 0 Å². The molecular weight excluding hydrogens is 394 g/mol. The Morgan fingerprint density at radius 2 is 1.96 bits per heavy atom. The highest BCUT2D eigenvalue weighted by atomic mass is 32.2. The van der Waals surface area contributed by atoms with Crippen LogP contribution in [0.15, 0.2) is 34.1 Å². The monoisotopic (exact) mass is 415 g/mol. The maximum absolute atomic E-state index is 13.2. The molecule has 0 aromatic carbocycles. The molecule has 0 aliphatic carbocycles. The Labute approximate surface area is 172 Å². The fourth-order valence-corrected chi connectivity index (χ4v) is 4.57. The number of anilines is 1. The molecule has 2 aromatic heterocycles. The van der Waals surface area contributed by atoms with E-state index in [0.29, 0.717) is 26.3 Å². The van der Waals surface area contributed by atoms with E-state index in [4.69, 9.17) is 17.2 Å². The lowest BCUT2D eigenvalue weighted by molar-refractivity contribution is -0.121. The zero-order valence-corrected chi connectivity index (χ0v) is 17.4. The second kappa shape index (κ2) is 7.65. The van der Waals surface area contributed by atoms with Gasteiger partial charge in [-0.3, -0.25) is 18.9 Å². The predicted molar refractivity (Wildman–Crippen MR) is 117 cm³/mol. The van der Waals surface area contributed by atoms with E-state index in [9.17, 15) is 9.59 Å². The van der Waals surface area contributed by atoms with Crippen LogP contribution < -0.4 is 10.5 Å². The molecule has 0 saturated carbocycles. The number of fused-ring (bicyclic) bond motifs is 1. The molecule has 4 rings (SSSR count). The van der Waals surface area contributed by atoms with Crippen LogP contribution in [0.4, 0.5) is 5.82 Å². The van der Waals surface area contributed by atoms with Crippen LogP contribution in [0.25, 0.3) is 11.7 Å². The molecule has 9 heteroatoms. The van der Waals surface area contributed by atoms with Gasteiger partial charge >= 0.3 is 0 Å². The summed E-state index contributed by atoms with van der Waals surface area (Å²) < 4.78 is 2.01. The van der Waals surface area contributed by atoms with Crippen molar-refractivity contribution in [2.45, 2.75) is 6.92 Å². The number of amides is 1. The molecule has 0 N–H and O–H groups in total. The highest BCUT2D eigenvalue weighted by Gasteiger charge is 2.30. The van der Waals surface area contributed by atoms with Gasteiger partial charge in [0.2, 0.25) is 0 Å². The lowest BCUT2D eigenvalue weighted by atomic mass is 10.2. The van der Waals surface area contributed by atoms with Gasteiger partial charge in [-0.05, 0) is 24.8 Å². The highest BCUT2D eigenvalue weighted by Crippen LogP contribution is 2.32. The van der Waals surface area contributed by atoms with Crippen LogP contribution in [0.1, 0.15) is 12.5 Å². The van der Waals surface area contributed by atoms with E-state index in [2.05, 4.69) is 16.7 Å². The number of carbonyl (C=O) groups is 1. The van der Waals surface area contributed by atoms with Crippen LogP contribution >= 0.6 is 24.0 Å². The Balaban J connectivity index is 1.84. The number of pyridine rings is 1. The molecule has 2 saturated heterocycles. The summed E-state index contributed by atoms with van der Waals surface area (Å²) in [5.41, 5.74) is 0.850. The molecule has 0 unspecified atom stereocenters. The van der Waals surface area contributed by atoms with Crippen molar-refractivity contribution in [3.63, 3.8) is 0 Å². The van der Waals surface area contributed by atoms with Crippen LogP contribution in [-0.4, -0.2) is 69.2 Å². The average molecular weight is 416 g/mol. The minimum absolute atomic E-state index is 0.181. The van der Waals surface area contributed by atoms with Gasteiger partial charge < -0.3 is 9.80 Å². The van der Waals surface area contributed by atoms with Gasteiger partial charge in [0.05, 0.1) is 10.5 Å². The quantitative estimate of drug-likeness (QED) is 0.558. The minimum atomic E-state index is -0.186. The number of carbonyl (C=O) groups excluding carboxylic acids is 1. The molecule has 146 valence electrons. The van der Waals surface area contributed by atoms with Gasteiger partial charge in [-0.25, -0.2) is 4.98 Å². The van der Waals surface area contributed by atoms with Gasteiger partial charge in [0.1, 0.15) is 15.8 Å². The number of piperazine rings is 1. The number of rotatable bonds is 3. The topological polar surface area (TPSA) is 61.2 Å². The number of hydrogen-bond donors (Lipinski definition) is 0. The fourth-order valence-electron chi connectivity index (χ4n) is 3.41. The van der Waals surface area contributed by atoms with Crippen molar-refractivity contribution in [2.24, 2.45) is 0 Å². The van der Waals surface area contributed by atoms with Crippen molar-refractivity contribution in [2.75, 3.05) is 44.7 Å². The third kappa shape index (κ3) is 3.34. The summed E-state index contributed by atoms with van der Waals surface area (Å²) in [6.45, 7) is 6.57. The summed E-state index contributed by atoms with van der Waals surface area (Å²) in [7, 11) is 1.65. The van der Waals surface area contributed by atoms with E-state index >= 15 is 0 Å². The van der Waals surface area contributed by atoms with Crippen molar-refractivity contribution in [3.8, 4) is 0 Å². The first kappa shape index (κ1) is 19.1. The van der Waals surface area contributed by atoms with Crippen molar-refractivity contribution < 1.29 is 4.79 Å². The van der Waals surface area contributed by atoms with Gasteiger partial charge in [0, 0.05) is 39.4 Å². The first-order chi connectivity index (χ1) is 13.5. The van der Waals surface area contributed by atoms with E-state index in [0.717, 1.165) is 32.7 Å². The summed E-state index contributed by atoms with van der Waals surface area (Å²) in [6, 6.07) is 5.48. The second-order valence-corrected chi connectivity index (χ2v) is 8.42. The Kier molecular flexibility index (Phi) is 5.22. The van der Waals surface area contributed by atoms with E-state index in [-0.39, 0.29) is 11.5 Å². The maximum Gasteiger partial charge on any atom is 0.267 e. The Bertz CT molecular complexity index is 1040. The third-order valence-electron chi connectivity index (χ3n) is 5.13. The summed E-state index contributed by atoms with van der Waals surface area (Å²) in [4.78, 5) is 36.9.